The number of nitrogens with one attached hydrogen (secondary N) is 1. The van der Waals surface area contributed by atoms with Crippen molar-refractivity contribution in [3.05, 3.63) is 140 Å². The second-order valence-electron chi connectivity index (χ2n) is 15.6. The molecule has 2 fully saturated rings. The minimum atomic E-state index is -0.515. The lowest BCUT2D eigenvalue weighted by molar-refractivity contribution is 0.0204. The number of benzene rings is 2. The van der Waals surface area contributed by atoms with Gasteiger partial charge in [-0.2, -0.15) is 10.5 Å². The van der Waals surface area contributed by atoms with Crippen LogP contribution < -0.4 is 5.32 Å². The summed E-state index contributed by atoms with van der Waals surface area (Å²) >= 11 is 0. The summed E-state index contributed by atoms with van der Waals surface area (Å²) in [5.74, 6) is 1.91. The highest BCUT2D eigenvalue weighted by molar-refractivity contribution is 6.92. The number of nitriles is 2. The van der Waals surface area contributed by atoms with Gasteiger partial charge in [-0.1, -0.05) is 24.3 Å². The van der Waals surface area contributed by atoms with Crippen LogP contribution in [0.4, 0.5) is 4.79 Å². The van der Waals surface area contributed by atoms with Crippen molar-refractivity contribution in [1.29, 1.82) is 10.5 Å². The van der Waals surface area contributed by atoms with Crippen molar-refractivity contribution in [2.75, 3.05) is 26.2 Å². The molecule has 0 spiro atoms. The summed E-state index contributed by atoms with van der Waals surface area (Å²) in [5, 5.41) is 22.0. The van der Waals surface area contributed by atoms with Crippen molar-refractivity contribution < 1.29 is 9.53 Å². The molecule has 2 aromatic carbocycles. The Morgan fingerprint density at radius 1 is 0.689 bits per heavy atom. The van der Waals surface area contributed by atoms with Crippen LogP contribution in [0, 0.1) is 30.1 Å². The van der Waals surface area contributed by atoms with E-state index in [1.807, 2.05) is 99.9 Å². The normalized spacial score (nSPS) is 14.1. The zero-order chi connectivity index (χ0) is 41.2. The highest BCUT2D eigenvalue weighted by Gasteiger charge is 2.30. The molecule has 0 saturated carbocycles. The van der Waals surface area contributed by atoms with Gasteiger partial charge in [0.2, 0.25) is 0 Å². The van der Waals surface area contributed by atoms with E-state index in [1.165, 1.54) is 0 Å². The van der Waals surface area contributed by atoms with Crippen molar-refractivity contribution in [2.45, 2.75) is 63.9 Å². The Bertz CT molecular complexity index is 2470. The first kappa shape index (κ1) is 45.6. The molecule has 61 heavy (non-hydrogen) atoms. The maximum Gasteiger partial charge on any atom is 0.410 e. The van der Waals surface area contributed by atoms with Gasteiger partial charge in [-0.3, -0.25) is 9.97 Å². The first-order valence-electron chi connectivity index (χ1n) is 19.9. The first-order chi connectivity index (χ1) is 28.7. The van der Waals surface area contributed by atoms with E-state index in [4.69, 9.17) is 14.7 Å². The van der Waals surface area contributed by atoms with E-state index in [0.717, 1.165) is 89.4 Å². The third-order valence-corrected chi connectivity index (χ3v) is 10.4. The largest absolute Gasteiger partial charge is 0.577 e. The summed E-state index contributed by atoms with van der Waals surface area (Å²) in [6.07, 6.45) is 14.1. The number of piperidine rings is 2. The number of rotatable bonds is 6. The minimum Gasteiger partial charge on any atom is -0.577 e. The second-order valence-corrected chi connectivity index (χ2v) is 15.6. The summed E-state index contributed by atoms with van der Waals surface area (Å²) in [5.41, 5.74) is 8.46. The van der Waals surface area contributed by atoms with Crippen LogP contribution >= 0.6 is 9.90 Å². The van der Waals surface area contributed by atoms with Gasteiger partial charge < -0.3 is 32.3 Å². The van der Waals surface area contributed by atoms with Crippen LogP contribution in [0.15, 0.2) is 110 Å². The maximum atomic E-state index is 12.5. The molecule has 13 heteroatoms. The predicted octanol–water partition coefficient (Wildman–Crippen LogP) is 9.51. The summed E-state index contributed by atoms with van der Waals surface area (Å²) in [7, 11) is 0. The van der Waals surface area contributed by atoms with Crippen LogP contribution in [0.3, 0.4) is 0 Å². The number of carbonyl (C=O) groups excluding carboxylic acids is 1. The van der Waals surface area contributed by atoms with Gasteiger partial charge in [0.25, 0.3) is 0 Å². The zero-order valence-corrected chi connectivity index (χ0v) is 36.3. The van der Waals surface area contributed by atoms with Gasteiger partial charge in [-0.05, 0) is 119 Å². The summed E-state index contributed by atoms with van der Waals surface area (Å²) in [6, 6.07) is 27.2. The maximum absolute atomic E-state index is 12.5. The fraction of sp³-hybridized carbons (Fsp3) is 0.292. The van der Waals surface area contributed by atoms with E-state index in [2.05, 4.69) is 37.4 Å². The number of hydrogen-bond acceptors (Lipinski definition) is 11. The molecule has 2 saturated heterocycles. The number of likely N-dealkylation sites (tertiary alicyclic amines) is 1. The molecule has 1 amide bonds. The second kappa shape index (κ2) is 21.2. The Balaban J connectivity index is 0.000000229. The lowest BCUT2D eigenvalue weighted by Gasteiger charge is -2.33. The van der Waals surface area contributed by atoms with Gasteiger partial charge >= 0.3 is 6.09 Å². The van der Waals surface area contributed by atoms with Gasteiger partial charge in [0.05, 0.1) is 34.7 Å². The molecule has 0 unspecified atom stereocenters. The van der Waals surface area contributed by atoms with Crippen molar-refractivity contribution in [1.82, 2.24) is 40.1 Å². The number of carbonyl (C=O) groups is 1. The third-order valence-electron chi connectivity index (χ3n) is 10.4. The first-order valence-corrected chi connectivity index (χ1v) is 19.9. The van der Waals surface area contributed by atoms with E-state index in [0.29, 0.717) is 36.0 Å². The van der Waals surface area contributed by atoms with Gasteiger partial charge in [0.15, 0.2) is 11.6 Å². The van der Waals surface area contributed by atoms with Crippen molar-refractivity contribution >= 4 is 16.0 Å². The van der Waals surface area contributed by atoms with Gasteiger partial charge in [0.1, 0.15) is 5.60 Å². The third kappa shape index (κ3) is 11.6. The molecule has 2 aliphatic rings. The molecule has 312 valence electrons. The van der Waals surface area contributed by atoms with E-state index in [1.54, 1.807) is 35.8 Å². The molecule has 4 aromatic heterocycles. The summed E-state index contributed by atoms with van der Waals surface area (Å²) in [4.78, 5) is 41.6. The Morgan fingerprint density at radius 2 is 1.13 bits per heavy atom. The molecule has 0 bridgehead atoms. The van der Waals surface area contributed by atoms with Gasteiger partial charge in [-0.15, -0.1) is 0 Å². The minimum absolute atomic E-state index is 0. The van der Waals surface area contributed by atoms with E-state index in [-0.39, 0.29) is 29.3 Å². The van der Waals surface area contributed by atoms with E-state index >= 15 is 0 Å². The number of ether oxygens (including phenoxy) is 1. The molecular formula is C48H51N10O2P-2. The molecular weight excluding hydrogens is 780 g/mol. The Kier molecular flexibility index (Phi) is 15.8. The molecule has 0 radical (unpaired) electrons. The molecule has 0 aliphatic carbocycles. The van der Waals surface area contributed by atoms with Crippen LogP contribution in [-0.4, -0.2) is 72.7 Å². The Morgan fingerprint density at radius 3 is 1.56 bits per heavy atom. The molecule has 6 heterocycles. The monoisotopic (exact) mass is 830 g/mol. The molecule has 1 N–H and O–H groups in total. The molecule has 0 atom stereocenters. The van der Waals surface area contributed by atoms with Crippen molar-refractivity contribution in [3.63, 3.8) is 0 Å². The smallest absolute Gasteiger partial charge is 0.410 e. The van der Waals surface area contributed by atoms with Crippen LogP contribution in [-0.2, 0) is 4.74 Å². The standard InChI is InChI=1S/C26H27N5O2.C21H19N5.CH3.H2P/c1-26(2,3)33-25(32)31-13-9-19(10-14-31)23-22(21-6-4-5-18(15-21)16-27)17-29-24(30-23)20-7-11-28-12-8-20;22-13-15-2-1-3-18(12-15)19-14-25-21(17-6-10-24-11-7-17)26-20(19)16-4-8-23-9-5-16;;/h4-8,11-12,15,17,19H,9-10,13-14H2,1-3H3;1-3,6-7,10-12,14,16,23H,4-5,8-9H2;1H3;1H2/q;;2*-1. The number of pyridine rings is 2. The van der Waals surface area contributed by atoms with Crippen LogP contribution in [0.5, 0.6) is 0 Å². The Labute approximate surface area is 362 Å². The fourth-order valence-corrected chi connectivity index (χ4v) is 7.41. The lowest BCUT2D eigenvalue weighted by Crippen LogP contribution is -2.41. The molecule has 8 rings (SSSR count). The average molecular weight is 831 g/mol. The molecule has 12 nitrogen and oxygen atoms in total. The van der Waals surface area contributed by atoms with Crippen LogP contribution in [0.2, 0.25) is 0 Å². The van der Waals surface area contributed by atoms with Crippen LogP contribution in [0.1, 0.15) is 80.8 Å². The summed E-state index contributed by atoms with van der Waals surface area (Å²) < 4.78 is 5.54. The van der Waals surface area contributed by atoms with Crippen molar-refractivity contribution in [3.8, 4) is 57.2 Å². The fourth-order valence-electron chi connectivity index (χ4n) is 7.41. The average Bonchev–Trinajstić information content (AvgIpc) is 3.29. The van der Waals surface area contributed by atoms with E-state index < -0.39 is 5.60 Å². The van der Waals surface area contributed by atoms with Crippen LogP contribution in [0.25, 0.3) is 45.0 Å². The lowest BCUT2D eigenvalue weighted by atomic mass is 9.88. The van der Waals surface area contributed by atoms with Gasteiger partial charge in [-0.25, -0.2) is 24.7 Å². The number of nitrogens with zero attached hydrogens (tertiary/aromatic N) is 9. The number of hydrogen-bond donors (Lipinski definition) is 1. The molecule has 6 aromatic rings. The quantitative estimate of drug-likeness (QED) is 0.125. The summed E-state index contributed by atoms with van der Waals surface area (Å²) in [6.45, 7) is 8.83. The zero-order valence-electron chi connectivity index (χ0n) is 35.1. The molecule has 2 aliphatic heterocycles. The highest BCUT2D eigenvalue weighted by atomic mass is 31.0. The number of amides is 1. The van der Waals surface area contributed by atoms with Crippen molar-refractivity contribution in [2.24, 2.45) is 0 Å². The predicted molar refractivity (Wildman–Crippen MR) is 242 cm³/mol. The Hall–Kier alpha value is -6.46. The topological polar surface area (TPSA) is 166 Å². The van der Waals surface area contributed by atoms with Gasteiger partial charge in [0, 0.05) is 84.4 Å². The SMILES string of the molecule is CC(C)(C)OC(=O)N1CCC(c2nc(-c3ccncc3)ncc2-c2cccc(C#N)c2)CC1.N#Cc1cccc(-c2cnc(-c3ccncc3)nc2C2CCNCC2)c1.[CH3-].[PH2-]. The number of aromatic nitrogens is 6. The van der Waals surface area contributed by atoms with E-state index in [9.17, 15) is 15.3 Å². The highest BCUT2D eigenvalue weighted by Crippen LogP contribution is 2.36.